The highest BCUT2D eigenvalue weighted by atomic mass is 16.5. The van der Waals surface area contributed by atoms with Crippen molar-refractivity contribution in [2.45, 2.75) is 19.8 Å². The smallest absolute Gasteiger partial charge is 0.409 e. The Bertz CT molecular complexity index is 182. The van der Waals surface area contributed by atoms with Crippen molar-refractivity contribution in [3.63, 3.8) is 0 Å². The standard InChI is InChI=1S/C8H15N2O3/c1-3-13-8(12)10(2)6-4-5-7(9)11/h9H,3-6H2,1-2H3. The number of carbonyl (C=O) groups is 2. The van der Waals surface area contributed by atoms with Crippen molar-refractivity contribution >= 4 is 12.0 Å². The van der Waals surface area contributed by atoms with E-state index in [1.54, 1.807) is 14.0 Å². The van der Waals surface area contributed by atoms with Crippen molar-refractivity contribution in [1.82, 2.24) is 10.6 Å². The molecule has 0 fully saturated rings. The van der Waals surface area contributed by atoms with Gasteiger partial charge in [0.15, 0.2) is 0 Å². The predicted molar refractivity (Wildman–Crippen MR) is 47.0 cm³/mol. The van der Waals surface area contributed by atoms with Crippen LogP contribution in [0.1, 0.15) is 19.8 Å². The fourth-order valence-electron chi connectivity index (χ4n) is 0.802. The van der Waals surface area contributed by atoms with E-state index >= 15 is 0 Å². The van der Waals surface area contributed by atoms with Gasteiger partial charge in [-0.1, -0.05) is 0 Å². The van der Waals surface area contributed by atoms with Crippen LogP contribution in [0.5, 0.6) is 0 Å². The van der Waals surface area contributed by atoms with Gasteiger partial charge in [0.1, 0.15) is 0 Å². The van der Waals surface area contributed by atoms with Crippen molar-refractivity contribution in [2.75, 3.05) is 20.2 Å². The van der Waals surface area contributed by atoms with Gasteiger partial charge in [0.05, 0.1) is 6.61 Å². The lowest BCUT2D eigenvalue weighted by Gasteiger charge is -2.15. The molecule has 5 heteroatoms. The van der Waals surface area contributed by atoms with Gasteiger partial charge in [0.25, 0.3) is 0 Å². The number of rotatable bonds is 5. The zero-order valence-electron chi connectivity index (χ0n) is 8.00. The molecular weight excluding hydrogens is 172 g/mol. The van der Waals surface area contributed by atoms with Gasteiger partial charge in [-0.25, -0.2) is 4.79 Å². The Labute approximate surface area is 77.8 Å². The van der Waals surface area contributed by atoms with Crippen molar-refractivity contribution in [2.24, 2.45) is 0 Å². The van der Waals surface area contributed by atoms with Gasteiger partial charge in [0.2, 0.25) is 5.91 Å². The summed E-state index contributed by atoms with van der Waals surface area (Å²) in [5, 5.41) is 0. The predicted octanol–water partition coefficient (Wildman–Crippen LogP) is 0.664. The number of hydrogen-bond acceptors (Lipinski definition) is 3. The molecule has 1 N–H and O–H groups in total. The highest BCUT2D eigenvalue weighted by Gasteiger charge is 2.08. The number of hydrogen-bond donors (Lipinski definition) is 0. The van der Waals surface area contributed by atoms with Crippen LogP contribution in [0, 0.1) is 0 Å². The molecule has 5 nitrogen and oxygen atoms in total. The maximum atomic E-state index is 11.0. The summed E-state index contributed by atoms with van der Waals surface area (Å²) in [5.74, 6) is -0.600. The van der Waals surface area contributed by atoms with Crippen molar-refractivity contribution in [3.8, 4) is 0 Å². The van der Waals surface area contributed by atoms with Crippen LogP contribution in [0.3, 0.4) is 0 Å². The minimum absolute atomic E-state index is 0.184. The number of ether oxygens (including phenoxy) is 1. The second-order valence-electron chi connectivity index (χ2n) is 2.65. The molecule has 1 radical (unpaired) electrons. The van der Waals surface area contributed by atoms with E-state index in [1.165, 1.54) is 4.90 Å². The number of carbonyl (C=O) groups excluding carboxylic acids is 2. The molecule has 0 aliphatic rings. The van der Waals surface area contributed by atoms with E-state index in [-0.39, 0.29) is 12.5 Å². The summed E-state index contributed by atoms with van der Waals surface area (Å²) < 4.78 is 4.72. The molecule has 2 amide bonds. The molecule has 0 unspecified atom stereocenters. The first kappa shape index (κ1) is 11.7. The quantitative estimate of drug-likeness (QED) is 0.635. The maximum Gasteiger partial charge on any atom is 0.409 e. The largest absolute Gasteiger partial charge is 0.450 e. The van der Waals surface area contributed by atoms with E-state index in [0.717, 1.165) is 0 Å². The maximum absolute atomic E-state index is 11.0. The Morgan fingerprint density at radius 1 is 1.46 bits per heavy atom. The number of nitrogens with one attached hydrogen (secondary N) is 1. The van der Waals surface area contributed by atoms with Gasteiger partial charge >= 0.3 is 6.09 Å². The first-order valence-electron chi connectivity index (χ1n) is 4.20. The molecule has 0 spiro atoms. The highest BCUT2D eigenvalue weighted by molar-refractivity contribution is 5.73. The second-order valence-corrected chi connectivity index (χ2v) is 2.65. The number of nitrogens with zero attached hydrogens (tertiary/aromatic N) is 1. The van der Waals surface area contributed by atoms with E-state index in [0.29, 0.717) is 19.6 Å². The molecule has 0 saturated carbocycles. The Balaban J connectivity index is 3.55. The van der Waals surface area contributed by atoms with E-state index < -0.39 is 5.91 Å². The third-order valence-electron chi connectivity index (χ3n) is 1.48. The lowest BCUT2D eigenvalue weighted by molar-refractivity contribution is -0.118. The van der Waals surface area contributed by atoms with Crippen LogP contribution < -0.4 is 5.73 Å². The molecule has 0 rings (SSSR count). The molecular formula is C8H15N2O3. The molecule has 0 aromatic carbocycles. The van der Waals surface area contributed by atoms with Crippen LogP contribution in [0.4, 0.5) is 4.79 Å². The Kier molecular flexibility index (Phi) is 5.67. The minimum Gasteiger partial charge on any atom is -0.450 e. The molecule has 0 aliphatic carbocycles. The summed E-state index contributed by atoms with van der Waals surface area (Å²) >= 11 is 0. The highest BCUT2D eigenvalue weighted by Crippen LogP contribution is 1.95. The SMILES string of the molecule is CCOC(=O)N(C)CCCC([NH])=O. The fourth-order valence-corrected chi connectivity index (χ4v) is 0.802. The number of amides is 2. The third kappa shape index (κ3) is 5.95. The van der Waals surface area contributed by atoms with Crippen molar-refractivity contribution in [3.05, 3.63) is 0 Å². The van der Waals surface area contributed by atoms with Crippen LogP contribution >= 0.6 is 0 Å². The average Bonchev–Trinajstić information content (AvgIpc) is 2.04. The third-order valence-corrected chi connectivity index (χ3v) is 1.48. The summed E-state index contributed by atoms with van der Waals surface area (Å²) in [6, 6.07) is 0. The first-order valence-corrected chi connectivity index (χ1v) is 4.20. The molecule has 0 atom stereocenters. The summed E-state index contributed by atoms with van der Waals surface area (Å²) in [5.41, 5.74) is 6.64. The van der Waals surface area contributed by atoms with Crippen LogP contribution in [0.2, 0.25) is 0 Å². The molecule has 0 bridgehead atoms. The van der Waals surface area contributed by atoms with Gasteiger partial charge in [-0.05, 0) is 13.3 Å². The normalized spacial score (nSPS) is 9.38. The average molecular weight is 187 g/mol. The zero-order valence-corrected chi connectivity index (χ0v) is 8.00. The van der Waals surface area contributed by atoms with E-state index in [4.69, 9.17) is 10.5 Å². The lowest BCUT2D eigenvalue weighted by atomic mass is 10.3. The van der Waals surface area contributed by atoms with Gasteiger partial charge in [-0.3, -0.25) is 10.5 Å². The molecule has 13 heavy (non-hydrogen) atoms. The van der Waals surface area contributed by atoms with Crippen LogP contribution in [0.25, 0.3) is 0 Å². The molecule has 0 heterocycles. The zero-order chi connectivity index (χ0) is 10.3. The van der Waals surface area contributed by atoms with E-state index in [1.807, 2.05) is 0 Å². The summed E-state index contributed by atoms with van der Waals surface area (Å²) in [7, 11) is 1.60. The van der Waals surface area contributed by atoms with Gasteiger partial charge < -0.3 is 9.64 Å². The summed E-state index contributed by atoms with van der Waals surface area (Å²) in [4.78, 5) is 22.6. The second kappa shape index (κ2) is 6.28. The molecule has 75 valence electrons. The molecule has 0 aromatic heterocycles. The fraction of sp³-hybridized carbons (Fsp3) is 0.750. The first-order chi connectivity index (χ1) is 6.07. The van der Waals surface area contributed by atoms with Crippen LogP contribution in [-0.2, 0) is 9.53 Å². The lowest BCUT2D eigenvalue weighted by Crippen LogP contribution is -2.28. The molecule has 0 aromatic rings. The molecule has 0 saturated heterocycles. The summed E-state index contributed by atoms with van der Waals surface area (Å²) in [6.07, 6.45) is 0.307. The van der Waals surface area contributed by atoms with Crippen LogP contribution in [-0.4, -0.2) is 37.1 Å². The van der Waals surface area contributed by atoms with E-state index in [2.05, 4.69) is 0 Å². The Hall–Kier alpha value is -1.26. The summed E-state index contributed by atoms with van der Waals surface area (Å²) in [6.45, 7) is 2.53. The van der Waals surface area contributed by atoms with Crippen LogP contribution in [0.15, 0.2) is 0 Å². The minimum atomic E-state index is -0.600. The van der Waals surface area contributed by atoms with Gasteiger partial charge in [-0.2, -0.15) is 0 Å². The van der Waals surface area contributed by atoms with Gasteiger partial charge in [-0.15, -0.1) is 0 Å². The monoisotopic (exact) mass is 187 g/mol. The molecule has 0 aliphatic heterocycles. The Morgan fingerprint density at radius 2 is 2.08 bits per heavy atom. The van der Waals surface area contributed by atoms with Crippen molar-refractivity contribution < 1.29 is 14.3 Å². The Morgan fingerprint density at radius 3 is 2.54 bits per heavy atom. The topological polar surface area (TPSA) is 70.4 Å². The van der Waals surface area contributed by atoms with Crippen molar-refractivity contribution in [1.29, 1.82) is 0 Å². The van der Waals surface area contributed by atoms with E-state index in [9.17, 15) is 9.59 Å². The van der Waals surface area contributed by atoms with Gasteiger partial charge in [0, 0.05) is 20.0 Å².